The van der Waals surface area contributed by atoms with E-state index in [1.807, 2.05) is 6.92 Å². The summed E-state index contributed by atoms with van der Waals surface area (Å²) in [4.78, 5) is 0. The van der Waals surface area contributed by atoms with E-state index < -0.39 is 0 Å². The third kappa shape index (κ3) is 3.46. The summed E-state index contributed by atoms with van der Waals surface area (Å²) in [5.41, 5.74) is 0.632. The third-order valence-electron chi connectivity index (χ3n) is 2.08. The monoisotopic (exact) mass is 227 g/mol. The molecule has 15 heavy (non-hydrogen) atoms. The van der Waals surface area contributed by atoms with E-state index in [1.54, 1.807) is 0 Å². The van der Waals surface area contributed by atoms with Gasteiger partial charge in [0.15, 0.2) is 0 Å². The standard InChI is InChI=1S/C11H14ClNO2/c1-7(12)6-13-8(2)10-5-9(14)3-4-11(10)15/h3-5,8,13-15H,1,6H2,2H3. The molecule has 0 bridgehead atoms. The molecule has 1 aromatic carbocycles. The van der Waals surface area contributed by atoms with E-state index in [4.69, 9.17) is 11.6 Å². The van der Waals surface area contributed by atoms with E-state index in [2.05, 4.69) is 11.9 Å². The van der Waals surface area contributed by atoms with Crippen LogP contribution in [0.4, 0.5) is 0 Å². The van der Waals surface area contributed by atoms with E-state index in [1.165, 1.54) is 18.2 Å². The van der Waals surface area contributed by atoms with Crippen LogP contribution in [-0.4, -0.2) is 16.8 Å². The lowest BCUT2D eigenvalue weighted by Gasteiger charge is -2.15. The van der Waals surface area contributed by atoms with E-state index in [0.29, 0.717) is 17.1 Å². The Balaban J connectivity index is 2.76. The number of halogens is 1. The summed E-state index contributed by atoms with van der Waals surface area (Å²) >= 11 is 5.61. The normalized spacial score (nSPS) is 12.4. The first-order valence-electron chi connectivity index (χ1n) is 4.59. The highest BCUT2D eigenvalue weighted by Gasteiger charge is 2.10. The minimum Gasteiger partial charge on any atom is -0.508 e. The lowest BCUT2D eigenvalue weighted by Crippen LogP contribution is -2.19. The first-order chi connectivity index (χ1) is 7.00. The van der Waals surface area contributed by atoms with Crippen molar-refractivity contribution in [3.63, 3.8) is 0 Å². The molecule has 0 spiro atoms. The molecule has 0 aromatic heterocycles. The van der Waals surface area contributed by atoms with Crippen molar-refractivity contribution in [3.05, 3.63) is 35.4 Å². The molecule has 0 aliphatic rings. The van der Waals surface area contributed by atoms with Crippen molar-refractivity contribution in [1.82, 2.24) is 5.32 Å². The van der Waals surface area contributed by atoms with Gasteiger partial charge in [-0.1, -0.05) is 18.2 Å². The fourth-order valence-electron chi connectivity index (χ4n) is 1.26. The number of phenols is 2. The van der Waals surface area contributed by atoms with Gasteiger partial charge >= 0.3 is 0 Å². The lowest BCUT2D eigenvalue weighted by molar-refractivity contribution is 0.443. The van der Waals surface area contributed by atoms with Crippen LogP contribution in [0.2, 0.25) is 0 Å². The van der Waals surface area contributed by atoms with E-state index in [-0.39, 0.29) is 17.5 Å². The van der Waals surface area contributed by atoms with Gasteiger partial charge in [-0.05, 0) is 25.1 Å². The second kappa shape index (κ2) is 5.05. The second-order valence-corrected chi connectivity index (χ2v) is 3.90. The number of aromatic hydroxyl groups is 2. The Kier molecular flexibility index (Phi) is 4.00. The summed E-state index contributed by atoms with van der Waals surface area (Å²) < 4.78 is 0. The lowest BCUT2D eigenvalue weighted by atomic mass is 10.1. The largest absolute Gasteiger partial charge is 0.508 e. The van der Waals surface area contributed by atoms with Crippen molar-refractivity contribution in [1.29, 1.82) is 0 Å². The van der Waals surface area contributed by atoms with Crippen molar-refractivity contribution in [3.8, 4) is 11.5 Å². The summed E-state index contributed by atoms with van der Waals surface area (Å²) in [5, 5.41) is 22.4. The van der Waals surface area contributed by atoms with Crippen molar-refractivity contribution in [2.75, 3.05) is 6.54 Å². The minimum absolute atomic E-state index is 0.104. The Morgan fingerprint density at radius 1 is 1.53 bits per heavy atom. The SMILES string of the molecule is C=C(Cl)CNC(C)c1cc(O)ccc1O. The average Bonchev–Trinajstić information content (AvgIpc) is 2.18. The Hall–Kier alpha value is -1.19. The van der Waals surface area contributed by atoms with Gasteiger partial charge in [0.25, 0.3) is 0 Å². The number of rotatable bonds is 4. The van der Waals surface area contributed by atoms with Gasteiger partial charge < -0.3 is 15.5 Å². The Labute approximate surface area is 94.0 Å². The quantitative estimate of drug-likeness (QED) is 0.693. The molecule has 1 unspecified atom stereocenters. The molecule has 0 aliphatic carbocycles. The minimum atomic E-state index is -0.104. The maximum atomic E-state index is 9.56. The number of nitrogens with one attached hydrogen (secondary N) is 1. The van der Waals surface area contributed by atoms with Crippen molar-refractivity contribution in [2.45, 2.75) is 13.0 Å². The molecule has 0 fully saturated rings. The Morgan fingerprint density at radius 2 is 2.20 bits per heavy atom. The van der Waals surface area contributed by atoms with Crippen molar-refractivity contribution >= 4 is 11.6 Å². The van der Waals surface area contributed by atoms with Gasteiger partial charge in [-0.3, -0.25) is 0 Å². The van der Waals surface area contributed by atoms with Crippen LogP contribution in [0.15, 0.2) is 29.8 Å². The van der Waals surface area contributed by atoms with Gasteiger partial charge in [0.1, 0.15) is 11.5 Å². The summed E-state index contributed by atoms with van der Waals surface area (Å²) in [6, 6.07) is 4.31. The predicted molar refractivity (Wildman–Crippen MR) is 61.2 cm³/mol. The van der Waals surface area contributed by atoms with E-state index in [9.17, 15) is 10.2 Å². The molecule has 0 saturated heterocycles. The van der Waals surface area contributed by atoms with Crippen LogP contribution in [0.25, 0.3) is 0 Å². The summed E-state index contributed by atoms with van der Waals surface area (Å²) in [6.45, 7) is 5.88. The molecule has 0 heterocycles. The summed E-state index contributed by atoms with van der Waals surface area (Å²) in [5.74, 6) is 0.272. The smallest absolute Gasteiger partial charge is 0.120 e. The first-order valence-corrected chi connectivity index (χ1v) is 4.97. The number of hydrogen-bond donors (Lipinski definition) is 3. The molecular weight excluding hydrogens is 214 g/mol. The number of benzene rings is 1. The molecule has 4 heteroatoms. The number of phenolic OH excluding ortho intramolecular Hbond substituents is 2. The Bertz CT molecular complexity index is 366. The zero-order valence-corrected chi connectivity index (χ0v) is 9.25. The first kappa shape index (κ1) is 11.9. The van der Waals surface area contributed by atoms with Crippen LogP contribution in [0.1, 0.15) is 18.5 Å². The summed E-state index contributed by atoms with van der Waals surface area (Å²) in [7, 11) is 0. The molecule has 82 valence electrons. The van der Waals surface area contributed by atoms with E-state index in [0.717, 1.165) is 0 Å². The molecule has 3 N–H and O–H groups in total. The molecule has 0 aliphatic heterocycles. The highest BCUT2D eigenvalue weighted by molar-refractivity contribution is 6.29. The molecule has 0 amide bonds. The summed E-state index contributed by atoms with van der Waals surface area (Å²) in [6.07, 6.45) is 0. The van der Waals surface area contributed by atoms with Gasteiger partial charge in [-0.25, -0.2) is 0 Å². The molecule has 0 radical (unpaired) electrons. The fraction of sp³-hybridized carbons (Fsp3) is 0.273. The van der Waals surface area contributed by atoms with Crippen LogP contribution >= 0.6 is 11.6 Å². The fourth-order valence-corrected chi connectivity index (χ4v) is 1.34. The molecule has 1 atom stereocenters. The zero-order valence-electron chi connectivity index (χ0n) is 8.50. The second-order valence-electron chi connectivity index (χ2n) is 3.36. The van der Waals surface area contributed by atoms with Gasteiger partial charge in [0.05, 0.1) is 0 Å². The number of hydrogen-bond acceptors (Lipinski definition) is 3. The van der Waals surface area contributed by atoms with Gasteiger partial charge in [0, 0.05) is 23.2 Å². The molecule has 3 nitrogen and oxygen atoms in total. The highest BCUT2D eigenvalue weighted by Crippen LogP contribution is 2.27. The van der Waals surface area contributed by atoms with Gasteiger partial charge in [0.2, 0.25) is 0 Å². The van der Waals surface area contributed by atoms with Crippen LogP contribution < -0.4 is 5.32 Å². The maximum Gasteiger partial charge on any atom is 0.120 e. The zero-order chi connectivity index (χ0) is 11.4. The molecule has 0 saturated carbocycles. The van der Waals surface area contributed by atoms with Crippen LogP contribution in [0, 0.1) is 0 Å². The van der Waals surface area contributed by atoms with Crippen LogP contribution in [-0.2, 0) is 0 Å². The van der Waals surface area contributed by atoms with Crippen molar-refractivity contribution < 1.29 is 10.2 Å². The topological polar surface area (TPSA) is 52.5 Å². The molecular formula is C11H14ClNO2. The Morgan fingerprint density at radius 3 is 2.80 bits per heavy atom. The average molecular weight is 228 g/mol. The highest BCUT2D eigenvalue weighted by atomic mass is 35.5. The van der Waals surface area contributed by atoms with Crippen molar-refractivity contribution in [2.24, 2.45) is 0 Å². The third-order valence-corrected chi connectivity index (χ3v) is 2.21. The maximum absolute atomic E-state index is 9.56. The predicted octanol–water partition coefficient (Wildman–Crippen LogP) is 2.50. The molecule has 1 rings (SSSR count). The molecule has 1 aromatic rings. The van der Waals surface area contributed by atoms with Crippen LogP contribution in [0.5, 0.6) is 11.5 Å². The van der Waals surface area contributed by atoms with Crippen LogP contribution in [0.3, 0.4) is 0 Å². The van der Waals surface area contributed by atoms with Gasteiger partial charge in [-0.2, -0.15) is 0 Å². The van der Waals surface area contributed by atoms with E-state index >= 15 is 0 Å². The van der Waals surface area contributed by atoms with Gasteiger partial charge in [-0.15, -0.1) is 0 Å².